The van der Waals surface area contributed by atoms with Crippen LogP contribution in [0.4, 0.5) is 5.69 Å². The SMILES string of the molecule is COc1ccc2cc(NC(=O)C(C)Oc3ccc(C#N)cc3)ccc2n1. The van der Waals surface area contributed by atoms with Gasteiger partial charge >= 0.3 is 0 Å². The number of nitrogens with one attached hydrogen (secondary N) is 1. The van der Waals surface area contributed by atoms with E-state index in [9.17, 15) is 4.79 Å². The van der Waals surface area contributed by atoms with Gasteiger partial charge in [0.05, 0.1) is 24.3 Å². The van der Waals surface area contributed by atoms with Gasteiger partial charge in [-0.05, 0) is 55.5 Å². The van der Waals surface area contributed by atoms with Crippen molar-refractivity contribution in [2.24, 2.45) is 0 Å². The Bertz CT molecular complexity index is 978. The molecule has 6 nitrogen and oxygen atoms in total. The van der Waals surface area contributed by atoms with Gasteiger partial charge < -0.3 is 14.8 Å². The Kier molecular flexibility index (Phi) is 4.99. The maximum Gasteiger partial charge on any atom is 0.265 e. The zero-order chi connectivity index (χ0) is 18.5. The third-order valence-electron chi connectivity index (χ3n) is 3.81. The van der Waals surface area contributed by atoms with Crippen LogP contribution in [0, 0.1) is 11.3 Å². The second kappa shape index (κ2) is 7.53. The summed E-state index contributed by atoms with van der Waals surface area (Å²) < 4.78 is 10.7. The summed E-state index contributed by atoms with van der Waals surface area (Å²) in [5.74, 6) is 0.801. The molecule has 0 radical (unpaired) electrons. The molecule has 0 saturated carbocycles. The maximum atomic E-state index is 12.4. The highest BCUT2D eigenvalue weighted by molar-refractivity contribution is 5.96. The van der Waals surface area contributed by atoms with Gasteiger partial charge in [0, 0.05) is 17.1 Å². The molecule has 26 heavy (non-hydrogen) atoms. The number of nitriles is 1. The number of rotatable bonds is 5. The summed E-state index contributed by atoms with van der Waals surface area (Å²) in [6.07, 6.45) is -0.687. The van der Waals surface area contributed by atoms with Crippen molar-refractivity contribution in [3.05, 3.63) is 60.2 Å². The number of ether oxygens (including phenoxy) is 2. The first-order chi connectivity index (χ1) is 12.6. The number of hydrogen-bond donors (Lipinski definition) is 1. The summed E-state index contributed by atoms with van der Waals surface area (Å²) >= 11 is 0. The fraction of sp³-hybridized carbons (Fsp3) is 0.150. The minimum absolute atomic E-state index is 0.268. The number of carbonyl (C=O) groups excluding carboxylic acids is 1. The van der Waals surface area contributed by atoms with Crippen LogP contribution in [-0.2, 0) is 4.79 Å². The number of fused-ring (bicyclic) bond motifs is 1. The maximum absolute atomic E-state index is 12.4. The molecule has 130 valence electrons. The molecule has 6 heteroatoms. The Morgan fingerprint density at radius 1 is 1.15 bits per heavy atom. The molecule has 1 heterocycles. The molecular formula is C20H17N3O3. The van der Waals surface area contributed by atoms with Crippen molar-refractivity contribution in [1.82, 2.24) is 4.98 Å². The summed E-state index contributed by atoms with van der Waals surface area (Å²) in [6, 6.07) is 17.7. The summed E-state index contributed by atoms with van der Waals surface area (Å²) in [6.45, 7) is 1.67. The molecule has 0 fully saturated rings. The number of anilines is 1. The van der Waals surface area contributed by atoms with E-state index in [1.807, 2.05) is 24.3 Å². The first-order valence-electron chi connectivity index (χ1n) is 8.01. The third kappa shape index (κ3) is 3.90. The molecule has 1 amide bonds. The first-order valence-corrected chi connectivity index (χ1v) is 8.01. The van der Waals surface area contributed by atoms with Crippen LogP contribution in [0.5, 0.6) is 11.6 Å². The van der Waals surface area contributed by atoms with E-state index in [1.54, 1.807) is 50.4 Å². The molecule has 1 N–H and O–H groups in total. The van der Waals surface area contributed by atoms with Crippen molar-refractivity contribution in [2.45, 2.75) is 13.0 Å². The van der Waals surface area contributed by atoms with Crippen LogP contribution in [0.3, 0.4) is 0 Å². The van der Waals surface area contributed by atoms with E-state index in [4.69, 9.17) is 14.7 Å². The van der Waals surface area contributed by atoms with Crippen LogP contribution in [0.25, 0.3) is 10.9 Å². The molecule has 0 saturated heterocycles. The highest BCUT2D eigenvalue weighted by Crippen LogP contribution is 2.21. The van der Waals surface area contributed by atoms with Crippen LogP contribution < -0.4 is 14.8 Å². The number of carbonyl (C=O) groups is 1. The molecule has 2 aromatic carbocycles. The molecule has 1 aromatic heterocycles. The number of amides is 1. The monoisotopic (exact) mass is 347 g/mol. The summed E-state index contributed by atoms with van der Waals surface area (Å²) in [5.41, 5.74) is 1.98. The van der Waals surface area contributed by atoms with Crippen molar-refractivity contribution < 1.29 is 14.3 Å². The van der Waals surface area contributed by atoms with E-state index in [0.29, 0.717) is 22.9 Å². The normalized spacial score (nSPS) is 11.4. The smallest absolute Gasteiger partial charge is 0.265 e. The topological polar surface area (TPSA) is 84.2 Å². The van der Waals surface area contributed by atoms with Crippen molar-refractivity contribution in [2.75, 3.05) is 12.4 Å². The van der Waals surface area contributed by atoms with Crippen molar-refractivity contribution >= 4 is 22.5 Å². The Balaban J connectivity index is 1.68. The second-order valence-corrected chi connectivity index (χ2v) is 5.65. The fourth-order valence-electron chi connectivity index (χ4n) is 2.41. The molecule has 0 aliphatic heterocycles. The summed E-state index contributed by atoms with van der Waals surface area (Å²) in [7, 11) is 1.57. The molecule has 0 bridgehead atoms. The van der Waals surface area contributed by atoms with Gasteiger partial charge in [-0.25, -0.2) is 4.98 Å². The lowest BCUT2D eigenvalue weighted by Gasteiger charge is -2.15. The predicted octanol–water partition coefficient (Wildman–Crippen LogP) is 3.52. The highest BCUT2D eigenvalue weighted by atomic mass is 16.5. The summed E-state index contributed by atoms with van der Waals surface area (Å²) in [4.78, 5) is 16.7. The Labute approximate surface area is 151 Å². The Morgan fingerprint density at radius 2 is 1.92 bits per heavy atom. The van der Waals surface area contributed by atoms with Crippen LogP contribution in [0.2, 0.25) is 0 Å². The second-order valence-electron chi connectivity index (χ2n) is 5.65. The first kappa shape index (κ1) is 17.2. The lowest BCUT2D eigenvalue weighted by molar-refractivity contribution is -0.122. The molecule has 0 aliphatic rings. The average molecular weight is 347 g/mol. The molecule has 3 aromatic rings. The van der Waals surface area contributed by atoms with Gasteiger partial charge in [-0.1, -0.05) is 0 Å². The largest absolute Gasteiger partial charge is 0.481 e. The van der Waals surface area contributed by atoms with Gasteiger partial charge in [-0.2, -0.15) is 5.26 Å². The Hall–Kier alpha value is -3.59. The minimum atomic E-state index is -0.687. The zero-order valence-corrected chi connectivity index (χ0v) is 14.4. The van der Waals surface area contributed by atoms with Gasteiger partial charge in [0.2, 0.25) is 5.88 Å². The molecule has 0 aliphatic carbocycles. The number of pyridine rings is 1. The number of methoxy groups -OCH3 is 1. The van der Waals surface area contributed by atoms with Crippen molar-refractivity contribution in [3.63, 3.8) is 0 Å². The number of hydrogen-bond acceptors (Lipinski definition) is 5. The lowest BCUT2D eigenvalue weighted by atomic mass is 10.2. The molecule has 3 rings (SSSR count). The van der Waals surface area contributed by atoms with Crippen LogP contribution in [0.15, 0.2) is 54.6 Å². The van der Waals surface area contributed by atoms with Gasteiger partial charge in [-0.15, -0.1) is 0 Å². The average Bonchev–Trinajstić information content (AvgIpc) is 2.68. The zero-order valence-electron chi connectivity index (χ0n) is 14.4. The summed E-state index contributed by atoms with van der Waals surface area (Å²) in [5, 5.41) is 12.5. The van der Waals surface area contributed by atoms with E-state index in [2.05, 4.69) is 10.3 Å². The van der Waals surface area contributed by atoms with E-state index in [-0.39, 0.29) is 5.91 Å². The lowest BCUT2D eigenvalue weighted by Crippen LogP contribution is -2.30. The number of benzene rings is 2. The van der Waals surface area contributed by atoms with Gasteiger partial charge in [0.1, 0.15) is 5.75 Å². The molecular weight excluding hydrogens is 330 g/mol. The minimum Gasteiger partial charge on any atom is -0.481 e. The van der Waals surface area contributed by atoms with Gasteiger partial charge in [0.15, 0.2) is 6.10 Å². The van der Waals surface area contributed by atoms with Crippen LogP contribution in [-0.4, -0.2) is 24.1 Å². The fourth-order valence-corrected chi connectivity index (χ4v) is 2.41. The van der Waals surface area contributed by atoms with E-state index < -0.39 is 6.10 Å². The van der Waals surface area contributed by atoms with Crippen molar-refractivity contribution in [1.29, 1.82) is 5.26 Å². The third-order valence-corrected chi connectivity index (χ3v) is 3.81. The number of aromatic nitrogens is 1. The molecule has 0 spiro atoms. The van der Waals surface area contributed by atoms with E-state index in [0.717, 1.165) is 10.9 Å². The predicted molar refractivity (Wildman–Crippen MR) is 98.2 cm³/mol. The standard InChI is InChI=1S/C20H17N3O3/c1-13(26-17-7-3-14(12-21)4-8-17)20(24)22-16-6-9-18-15(11-16)5-10-19(23-18)25-2/h3-11,13H,1-2H3,(H,22,24). The van der Waals surface area contributed by atoms with E-state index >= 15 is 0 Å². The quantitative estimate of drug-likeness (QED) is 0.763. The van der Waals surface area contributed by atoms with Crippen LogP contribution >= 0.6 is 0 Å². The Morgan fingerprint density at radius 3 is 2.62 bits per heavy atom. The van der Waals surface area contributed by atoms with Crippen LogP contribution in [0.1, 0.15) is 12.5 Å². The van der Waals surface area contributed by atoms with Crippen molar-refractivity contribution in [3.8, 4) is 17.7 Å². The number of nitrogens with zero attached hydrogens (tertiary/aromatic N) is 2. The van der Waals surface area contributed by atoms with Gasteiger partial charge in [0.25, 0.3) is 5.91 Å². The van der Waals surface area contributed by atoms with Gasteiger partial charge in [-0.3, -0.25) is 4.79 Å². The molecule has 1 atom stereocenters. The molecule has 1 unspecified atom stereocenters. The highest BCUT2D eigenvalue weighted by Gasteiger charge is 2.15. The van der Waals surface area contributed by atoms with E-state index in [1.165, 1.54) is 0 Å².